The summed E-state index contributed by atoms with van der Waals surface area (Å²) in [6.07, 6.45) is 4.26. The Morgan fingerprint density at radius 3 is 2.91 bits per heavy atom. The van der Waals surface area contributed by atoms with Gasteiger partial charge in [0.05, 0.1) is 16.8 Å². The standard InChI is InChI=1S/C15H16ClFN2O2S2/c16-12-5-4-11(9-13(12)17)10-23(20,21)19-7-2-1-3-14(19)15-18-6-8-22-15/h4-6,8-9,14H,1-3,7,10H2. The highest BCUT2D eigenvalue weighted by Gasteiger charge is 2.34. The lowest BCUT2D eigenvalue weighted by atomic mass is 10.1. The maximum atomic E-state index is 13.5. The van der Waals surface area contributed by atoms with Crippen LogP contribution >= 0.6 is 22.9 Å². The second kappa shape index (κ2) is 6.84. The number of thiazole rings is 1. The van der Waals surface area contributed by atoms with E-state index in [0.717, 1.165) is 24.3 Å². The predicted molar refractivity (Wildman–Crippen MR) is 89.4 cm³/mol. The molecule has 8 heteroatoms. The molecular weight excluding hydrogens is 359 g/mol. The van der Waals surface area contributed by atoms with Crippen molar-refractivity contribution in [3.63, 3.8) is 0 Å². The number of sulfonamides is 1. The maximum Gasteiger partial charge on any atom is 0.218 e. The molecule has 0 bridgehead atoms. The molecule has 0 N–H and O–H groups in total. The van der Waals surface area contributed by atoms with Gasteiger partial charge < -0.3 is 0 Å². The van der Waals surface area contributed by atoms with E-state index in [1.54, 1.807) is 12.3 Å². The van der Waals surface area contributed by atoms with E-state index in [2.05, 4.69) is 4.98 Å². The van der Waals surface area contributed by atoms with Gasteiger partial charge in [0.15, 0.2) is 0 Å². The van der Waals surface area contributed by atoms with E-state index in [0.29, 0.717) is 12.1 Å². The topological polar surface area (TPSA) is 50.3 Å². The van der Waals surface area contributed by atoms with Gasteiger partial charge in [-0.2, -0.15) is 4.31 Å². The third kappa shape index (κ3) is 3.74. The highest BCUT2D eigenvalue weighted by molar-refractivity contribution is 7.88. The molecule has 1 aliphatic rings. The van der Waals surface area contributed by atoms with Crippen LogP contribution in [0.15, 0.2) is 29.8 Å². The van der Waals surface area contributed by atoms with Gasteiger partial charge in [0.25, 0.3) is 0 Å². The second-order valence-corrected chi connectivity index (χ2v) is 8.75. The Balaban J connectivity index is 1.86. The van der Waals surface area contributed by atoms with Crippen LogP contribution in [0, 0.1) is 5.82 Å². The zero-order valence-corrected chi connectivity index (χ0v) is 14.7. The van der Waals surface area contributed by atoms with Crippen molar-refractivity contribution >= 4 is 33.0 Å². The summed E-state index contributed by atoms with van der Waals surface area (Å²) in [5.74, 6) is -0.835. The lowest BCUT2D eigenvalue weighted by molar-refractivity contribution is 0.255. The minimum absolute atomic E-state index is 0.00946. The Labute approximate surface area is 144 Å². The molecule has 0 aliphatic carbocycles. The summed E-state index contributed by atoms with van der Waals surface area (Å²) in [4.78, 5) is 4.27. The summed E-state index contributed by atoms with van der Waals surface area (Å²) in [5.41, 5.74) is 0.398. The van der Waals surface area contributed by atoms with Crippen LogP contribution in [0.2, 0.25) is 5.02 Å². The number of nitrogens with zero attached hydrogens (tertiary/aromatic N) is 2. The van der Waals surface area contributed by atoms with E-state index >= 15 is 0 Å². The summed E-state index contributed by atoms with van der Waals surface area (Å²) in [6, 6.07) is 3.90. The van der Waals surface area contributed by atoms with Crippen LogP contribution in [0.4, 0.5) is 4.39 Å². The number of hydrogen-bond donors (Lipinski definition) is 0. The Kier molecular flexibility index (Phi) is 5.01. The first-order valence-corrected chi connectivity index (χ1v) is 10.2. The molecule has 124 valence electrons. The van der Waals surface area contributed by atoms with Crippen LogP contribution in [-0.4, -0.2) is 24.3 Å². The number of aromatic nitrogens is 1. The van der Waals surface area contributed by atoms with E-state index in [9.17, 15) is 12.8 Å². The van der Waals surface area contributed by atoms with E-state index in [4.69, 9.17) is 11.6 Å². The average molecular weight is 375 g/mol. The van der Waals surface area contributed by atoms with Crippen LogP contribution in [0.3, 0.4) is 0 Å². The van der Waals surface area contributed by atoms with Gasteiger partial charge in [-0.3, -0.25) is 0 Å². The number of rotatable bonds is 4. The van der Waals surface area contributed by atoms with Gasteiger partial charge in [-0.15, -0.1) is 11.3 Å². The van der Waals surface area contributed by atoms with Gasteiger partial charge in [0, 0.05) is 18.1 Å². The van der Waals surface area contributed by atoms with Crippen molar-refractivity contribution in [2.75, 3.05) is 6.54 Å². The molecule has 2 aromatic rings. The molecular formula is C15H16ClFN2O2S2. The molecule has 1 aromatic heterocycles. The molecule has 1 fully saturated rings. The van der Waals surface area contributed by atoms with Crippen molar-refractivity contribution in [2.45, 2.75) is 31.1 Å². The molecule has 4 nitrogen and oxygen atoms in total. The Hall–Kier alpha value is -1.02. The van der Waals surface area contributed by atoms with Crippen LogP contribution in [0.5, 0.6) is 0 Å². The third-order valence-electron chi connectivity index (χ3n) is 3.88. The van der Waals surface area contributed by atoms with Crippen molar-refractivity contribution in [3.8, 4) is 0 Å². The Morgan fingerprint density at radius 1 is 1.39 bits per heavy atom. The summed E-state index contributed by atoms with van der Waals surface area (Å²) < 4.78 is 40.7. The normalized spacial score (nSPS) is 19.8. The second-order valence-electron chi connectivity index (χ2n) is 5.50. The van der Waals surface area contributed by atoms with Gasteiger partial charge in [0.1, 0.15) is 10.8 Å². The number of benzene rings is 1. The van der Waals surface area contributed by atoms with Crippen molar-refractivity contribution in [1.82, 2.24) is 9.29 Å². The maximum absolute atomic E-state index is 13.5. The summed E-state index contributed by atoms with van der Waals surface area (Å²) in [5, 5.41) is 2.66. The van der Waals surface area contributed by atoms with Crippen molar-refractivity contribution in [2.24, 2.45) is 0 Å². The Bertz CT molecular complexity index is 781. The van der Waals surface area contributed by atoms with E-state index in [1.165, 1.54) is 27.8 Å². The first kappa shape index (κ1) is 16.8. The number of piperidine rings is 1. The van der Waals surface area contributed by atoms with Crippen LogP contribution < -0.4 is 0 Å². The summed E-state index contributed by atoms with van der Waals surface area (Å²) in [6.45, 7) is 0.475. The van der Waals surface area contributed by atoms with Crippen molar-refractivity contribution in [3.05, 3.63) is 51.2 Å². The molecule has 0 saturated carbocycles. The smallest absolute Gasteiger partial charge is 0.218 e. The van der Waals surface area contributed by atoms with E-state index in [-0.39, 0.29) is 16.8 Å². The fraction of sp³-hybridized carbons (Fsp3) is 0.400. The lowest BCUT2D eigenvalue weighted by Gasteiger charge is -2.33. The molecule has 3 rings (SSSR count). The van der Waals surface area contributed by atoms with E-state index < -0.39 is 15.8 Å². The first-order valence-electron chi connectivity index (χ1n) is 7.30. The molecule has 0 amide bonds. The molecule has 1 aliphatic heterocycles. The van der Waals surface area contributed by atoms with Crippen LogP contribution in [-0.2, 0) is 15.8 Å². The van der Waals surface area contributed by atoms with Gasteiger partial charge in [-0.05, 0) is 30.5 Å². The molecule has 1 aromatic carbocycles. The van der Waals surface area contributed by atoms with Crippen molar-refractivity contribution in [1.29, 1.82) is 0 Å². The highest BCUT2D eigenvalue weighted by atomic mass is 35.5. The molecule has 0 spiro atoms. The van der Waals surface area contributed by atoms with Gasteiger partial charge in [0.2, 0.25) is 10.0 Å². The molecule has 1 unspecified atom stereocenters. The van der Waals surface area contributed by atoms with Crippen molar-refractivity contribution < 1.29 is 12.8 Å². The third-order valence-corrected chi connectivity index (χ3v) is 6.91. The first-order chi connectivity index (χ1) is 11.0. The SMILES string of the molecule is O=S(=O)(Cc1ccc(Cl)c(F)c1)N1CCCCC1c1nccs1. The zero-order chi connectivity index (χ0) is 16.4. The van der Waals surface area contributed by atoms with Gasteiger partial charge in [-0.25, -0.2) is 17.8 Å². The number of hydrogen-bond acceptors (Lipinski definition) is 4. The average Bonchev–Trinajstić information content (AvgIpc) is 3.05. The highest BCUT2D eigenvalue weighted by Crippen LogP contribution is 2.35. The van der Waals surface area contributed by atoms with Crippen LogP contribution in [0.1, 0.15) is 35.9 Å². The van der Waals surface area contributed by atoms with E-state index in [1.807, 2.05) is 5.38 Å². The minimum atomic E-state index is -3.55. The largest absolute Gasteiger partial charge is 0.248 e. The van der Waals surface area contributed by atoms with Gasteiger partial charge in [-0.1, -0.05) is 24.1 Å². The molecule has 1 saturated heterocycles. The fourth-order valence-corrected chi connectivity index (χ4v) is 5.54. The van der Waals surface area contributed by atoms with Gasteiger partial charge >= 0.3 is 0 Å². The molecule has 23 heavy (non-hydrogen) atoms. The summed E-state index contributed by atoms with van der Waals surface area (Å²) >= 11 is 7.11. The lowest BCUT2D eigenvalue weighted by Crippen LogP contribution is -2.39. The summed E-state index contributed by atoms with van der Waals surface area (Å²) in [7, 11) is -3.55. The Morgan fingerprint density at radius 2 is 2.22 bits per heavy atom. The van der Waals surface area contributed by atoms with Crippen LogP contribution in [0.25, 0.3) is 0 Å². The fourth-order valence-electron chi connectivity index (χ4n) is 2.81. The molecule has 2 heterocycles. The minimum Gasteiger partial charge on any atom is -0.248 e. The monoisotopic (exact) mass is 374 g/mol. The molecule has 1 atom stereocenters. The number of halogens is 2. The zero-order valence-electron chi connectivity index (χ0n) is 12.3. The molecule has 0 radical (unpaired) electrons. The quantitative estimate of drug-likeness (QED) is 0.812. The predicted octanol–water partition coefficient (Wildman–Crippen LogP) is 3.99.